The van der Waals surface area contributed by atoms with Crippen LogP contribution in [0.4, 0.5) is 5.69 Å². The maximum Gasteiger partial charge on any atom is 0.237 e. The minimum absolute atomic E-state index is 0.0823. The number of thioether (sulfide) groups is 1. The number of hydrogen-bond acceptors (Lipinski definition) is 6. The molecule has 0 radical (unpaired) electrons. The Labute approximate surface area is 205 Å². The molecule has 1 aliphatic rings. The highest BCUT2D eigenvalue weighted by Gasteiger charge is 2.23. The summed E-state index contributed by atoms with van der Waals surface area (Å²) in [5.41, 5.74) is 2.20. The van der Waals surface area contributed by atoms with Crippen LogP contribution >= 0.6 is 11.8 Å². The van der Waals surface area contributed by atoms with Crippen molar-refractivity contribution in [3.8, 4) is 0 Å². The third kappa shape index (κ3) is 6.12. The second kappa shape index (κ2) is 11.4. The number of benzene rings is 2. The summed E-state index contributed by atoms with van der Waals surface area (Å²) >= 11 is 1.39. The Kier molecular flexibility index (Phi) is 8.13. The quantitative estimate of drug-likeness (QED) is 0.357. The van der Waals surface area contributed by atoms with Gasteiger partial charge in [-0.25, -0.2) is 0 Å². The van der Waals surface area contributed by atoms with Gasteiger partial charge in [-0.15, -0.1) is 10.2 Å². The van der Waals surface area contributed by atoms with E-state index in [9.17, 15) is 9.59 Å². The van der Waals surface area contributed by atoms with Crippen molar-refractivity contribution in [2.75, 3.05) is 18.4 Å². The first kappa shape index (κ1) is 24.2. The van der Waals surface area contributed by atoms with Crippen molar-refractivity contribution in [1.29, 1.82) is 0 Å². The lowest BCUT2D eigenvalue weighted by Gasteiger charge is -2.26. The molecule has 0 aliphatic carbocycles. The molecule has 178 valence electrons. The molecule has 1 aliphatic heterocycles. The highest BCUT2D eigenvalue weighted by Crippen LogP contribution is 2.26. The second-order valence-electron chi connectivity index (χ2n) is 8.66. The first-order chi connectivity index (χ1) is 16.5. The van der Waals surface area contributed by atoms with Crippen molar-refractivity contribution in [3.63, 3.8) is 0 Å². The standard InChI is InChI=1S/C26H31N5O2S/c1-19(32)22-13-7-8-14-23(22)27-25(33)20(2)34-26-29-28-24(18-30-15-9-4-10-16-30)31(26)17-21-11-5-3-6-12-21/h3,5-8,11-14,20H,4,9-10,15-18H2,1-2H3,(H,27,33). The molecule has 2 heterocycles. The summed E-state index contributed by atoms with van der Waals surface area (Å²) in [6.07, 6.45) is 3.72. The summed E-state index contributed by atoms with van der Waals surface area (Å²) in [6, 6.07) is 17.3. The highest BCUT2D eigenvalue weighted by atomic mass is 32.2. The summed E-state index contributed by atoms with van der Waals surface area (Å²) in [6.45, 7) is 6.92. The van der Waals surface area contributed by atoms with Crippen LogP contribution < -0.4 is 5.32 Å². The number of amides is 1. The van der Waals surface area contributed by atoms with Crippen LogP contribution in [0.3, 0.4) is 0 Å². The third-order valence-corrected chi connectivity index (χ3v) is 7.09. The van der Waals surface area contributed by atoms with Gasteiger partial charge >= 0.3 is 0 Å². The first-order valence-electron chi connectivity index (χ1n) is 11.8. The van der Waals surface area contributed by atoms with E-state index < -0.39 is 5.25 Å². The molecule has 7 nitrogen and oxygen atoms in total. The van der Waals surface area contributed by atoms with Crippen LogP contribution in [0.2, 0.25) is 0 Å². The second-order valence-corrected chi connectivity index (χ2v) is 9.97. The number of ketones is 1. The molecule has 0 saturated carbocycles. The van der Waals surface area contributed by atoms with Gasteiger partial charge in [0.1, 0.15) is 5.82 Å². The Morgan fingerprint density at radius 1 is 0.971 bits per heavy atom. The van der Waals surface area contributed by atoms with E-state index in [1.165, 1.54) is 37.9 Å². The first-order valence-corrected chi connectivity index (χ1v) is 12.6. The van der Waals surface area contributed by atoms with Crippen LogP contribution in [-0.2, 0) is 17.9 Å². The van der Waals surface area contributed by atoms with Crippen LogP contribution in [0.15, 0.2) is 59.8 Å². The number of nitrogens with zero attached hydrogens (tertiary/aromatic N) is 4. The monoisotopic (exact) mass is 477 g/mol. The molecular formula is C26H31N5O2S. The normalized spacial score (nSPS) is 15.1. The van der Waals surface area contributed by atoms with E-state index in [0.29, 0.717) is 17.8 Å². The molecule has 0 bridgehead atoms. The van der Waals surface area contributed by atoms with E-state index in [-0.39, 0.29) is 11.7 Å². The van der Waals surface area contributed by atoms with Crippen molar-refractivity contribution in [2.45, 2.75) is 56.6 Å². The maximum absolute atomic E-state index is 13.0. The Morgan fingerprint density at radius 2 is 1.68 bits per heavy atom. The zero-order valence-corrected chi connectivity index (χ0v) is 20.6. The van der Waals surface area contributed by atoms with Crippen LogP contribution in [-0.4, -0.2) is 49.7 Å². The Bertz CT molecular complexity index is 1130. The Balaban J connectivity index is 1.52. The van der Waals surface area contributed by atoms with Gasteiger partial charge in [0.25, 0.3) is 0 Å². The van der Waals surface area contributed by atoms with Crippen molar-refractivity contribution >= 4 is 29.1 Å². The zero-order chi connectivity index (χ0) is 23.9. The fourth-order valence-electron chi connectivity index (χ4n) is 4.11. The van der Waals surface area contributed by atoms with Gasteiger partial charge in [-0.05, 0) is 57.5 Å². The molecule has 1 fully saturated rings. The van der Waals surface area contributed by atoms with Crippen LogP contribution in [0.5, 0.6) is 0 Å². The minimum Gasteiger partial charge on any atom is -0.324 e. The number of carbonyl (C=O) groups is 2. The lowest BCUT2D eigenvalue weighted by atomic mass is 10.1. The van der Waals surface area contributed by atoms with Gasteiger partial charge in [0.15, 0.2) is 10.9 Å². The summed E-state index contributed by atoms with van der Waals surface area (Å²) in [4.78, 5) is 27.3. The van der Waals surface area contributed by atoms with Crippen molar-refractivity contribution in [3.05, 3.63) is 71.5 Å². The molecule has 1 amide bonds. The van der Waals surface area contributed by atoms with E-state index in [1.54, 1.807) is 18.2 Å². The number of anilines is 1. The molecule has 4 rings (SSSR count). The SMILES string of the molecule is CC(=O)c1ccccc1NC(=O)C(C)Sc1nnc(CN2CCCCC2)n1Cc1ccccc1. The average Bonchev–Trinajstić information content (AvgIpc) is 3.21. The predicted octanol–water partition coefficient (Wildman–Crippen LogP) is 4.63. The fourth-order valence-corrected chi connectivity index (χ4v) is 4.98. The molecule has 0 spiro atoms. The summed E-state index contributed by atoms with van der Waals surface area (Å²) < 4.78 is 2.13. The maximum atomic E-state index is 13.0. The van der Waals surface area contributed by atoms with Crippen molar-refractivity contribution in [1.82, 2.24) is 19.7 Å². The van der Waals surface area contributed by atoms with E-state index in [4.69, 9.17) is 0 Å². The third-order valence-electron chi connectivity index (χ3n) is 6.01. The van der Waals surface area contributed by atoms with Crippen molar-refractivity contribution in [2.24, 2.45) is 0 Å². The number of aromatic nitrogens is 3. The molecule has 1 unspecified atom stereocenters. The number of carbonyl (C=O) groups excluding carboxylic acids is 2. The highest BCUT2D eigenvalue weighted by molar-refractivity contribution is 8.00. The van der Waals surface area contributed by atoms with Gasteiger partial charge in [0.05, 0.1) is 24.0 Å². The molecular weight excluding hydrogens is 446 g/mol. The topological polar surface area (TPSA) is 80.1 Å². The number of para-hydroxylation sites is 1. The van der Waals surface area contributed by atoms with E-state index in [2.05, 4.69) is 37.1 Å². The summed E-state index contributed by atoms with van der Waals surface area (Å²) in [7, 11) is 0. The van der Waals surface area contributed by atoms with Crippen LogP contribution in [0.1, 0.15) is 54.9 Å². The zero-order valence-electron chi connectivity index (χ0n) is 19.7. The number of piperidine rings is 1. The van der Waals surface area contributed by atoms with Gasteiger partial charge in [-0.2, -0.15) is 0 Å². The van der Waals surface area contributed by atoms with Gasteiger partial charge in [0.2, 0.25) is 5.91 Å². The van der Waals surface area contributed by atoms with E-state index in [0.717, 1.165) is 36.2 Å². The molecule has 8 heteroatoms. The largest absolute Gasteiger partial charge is 0.324 e. The van der Waals surface area contributed by atoms with Gasteiger partial charge in [-0.1, -0.05) is 60.6 Å². The number of nitrogens with one attached hydrogen (secondary N) is 1. The molecule has 1 aromatic heterocycles. The minimum atomic E-state index is -0.415. The smallest absolute Gasteiger partial charge is 0.237 e. The summed E-state index contributed by atoms with van der Waals surface area (Å²) in [5, 5.41) is 12.2. The molecule has 1 atom stereocenters. The van der Waals surface area contributed by atoms with E-state index >= 15 is 0 Å². The molecule has 2 aromatic carbocycles. The Morgan fingerprint density at radius 3 is 2.41 bits per heavy atom. The van der Waals surface area contributed by atoms with Gasteiger partial charge < -0.3 is 9.88 Å². The van der Waals surface area contributed by atoms with Gasteiger partial charge in [-0.3, -0.25) is 14.5 Å². The molecule has 1 saturated heterocycles. The summed E-state index contributed by atoms with van der Waals surface area (Å²) in [5.74, 6) is 0.662. The lowest BCUT2D eigenvalue weighted by molar-refractivity contribution is -0.115. The number of Topliss-reactive ketones (excluding diaryl/α,β-unsaturated/α-hetero) is 1. The fraction of sp³-hybridized carbons (Fsp3) is 0.385. The molecule has 3 aromatic rings. The predicted molar refractivity (Wildman–Crippen MR) is 135 cm³/mol. The van der Waals surface area contributed by atoms with Crippen LogP contribution in [0.25, 0.3) is 0 Å². The number of likely N-dealkylation sites (tertiary alicyclic amines) is 1. The number of hydrogen-bond donors (Lipinski definition) is 1. The number of rotatable bonds is 9. The molecule has 34 heavy (non-hydrogen) atoms. The lowest BCUT2D eigenvalue weighted by Crippen LogP contribution is -2.30. The average molecular weight is 478 g/mol. The van der Waals surface area contributed by atoms with Gasteiger partial charge in [0, 0.05) is 5.56 Å². The van der Waals surface area contributed by atoms with Crippen LogP contribution in [0, 0.1) is 0 Å². The molecule has 1 N–H and O–H groups in total. The van der Waals surface area contributed by atoms with Crippen molar-refractivity contribution < 1.29 is 9.59 Å². The van der Waals surface area contributed by atoms with E-state index in [1.807, 2.05) is 31.2 Å². The Hall–Kier alpha value is -2.97.